The van der Waals surface area contributed by atoms with Crippen molar-refractivity contribution in [1.29, 1.82) is 0 Å². The quantitative estimate of drug-likeness (QED) is 0.621. The highest BCUT2D eigenvalue weighted by atomic mass is 79.9. The zero-order valence-corrected chi connectivity index (χ0v) is 12.4. The van der Waals surface area contributed by atoms with Gasteiger partial charge in [-0.25, -0.2) is 9.97 Å². The van der Waals surface area contributed by atoms with E-state index in [0.29, 0.717) is 5.92 Å². The van der Waals surface area contributed by atoms with Crippen molar-refractivity contribution < 1.29 is 5.11 Å². The van der Waals surface area contributed by atoms with Gasteiger partial charge in [-0.05, 0) is 48.0 Å². The summed E-state index contributed by atoms with van der Waals surface area (Å²) in [4.78, 5) is 11.2. The summed E-state index contributed by atoms with van der Waals surface area (Å²) >= 11 is 3.46. The summed E-state index contributed by atoms with van der Waals surface area (Å²) in [6.45, 7) is 1.25. The van der Waals surface area contributed by atoms with Crippen LogP contribution in [0.25, 0.3) is 0 Å². The SMILES string of the molecule is CN(CCCCCO)c1cc(Br)nc(C2CC2)n1. The maximum absolute atomic E-state index is 8.75. The van der Waals surface area contributed by atoms with Gasteiger partial charge >= 0.3 is 0 Å². The number of rotatable bonds is 7. The molecule has 18 heavy (non-hydrogen) atoms. The molecular weight excluding hydrogens is 294 g/mol. The van der Waals surface area contributed by atoms with E-state index < -0.39 is 0 Å². The monoisotopic (exact) mass is 313 g/mol. The molecule has 0 atom stereocenters. The molecule has 0 aromatic carbocycles. The second-order valence-electron chi connectivity index (χ2n) is 4.89. The molecule has 1 fully saturated rings. The van der Waals surface area contributed by atoms with E-state index in [1.165, 1.54) is 12.8 Å². The molecule has 0 amide bonds. The molecule has 0 unspecified atom stereocenters. The summed E-state index contributed by atoms with van der Waals surface area (Å²) in [5.74, 6) is 2.54. The van der Waals surface area contributed by atoms with E-state index in [0.717, 1.165) is 42.1 Å². The third kappa shape index (κ3) is 3.92. The van der Waals surface area contributed by atoms with Crippen LogP contribution in [0.2, 0.25) is 0 Å². The van der Waals surface area contributed by atoms with Gasteiger partial charge in [-0.2, -0.15) is 0 Å². The van der Waals surface area contributed by atoms with E-state index in [9.17, 15) is 0 Å². The number of halogens is 1. The van der Waals surface area contributed by atoms with Gasteiger partial charge in [0.1, 0.15) is 16.2 Å². The fourth-order valence-electron chi connectivity index (χ4n) is 1.89. The molecule has 0 spiro atoms. The van der Waals surface area contributed by atoms with Crippen LogP contribution in [0.4, 0.5) is 5.82 Å². The van der Waals surface area contributed by atoms with Crippen LogP contribution in [0.5, 0.6) is 0 Å². The van der Waals surface area contributed by atoms with E-state index in [1.54, 1.807) is 0 Å². The molecule has 5 heteroatoms. The maximum Gasteiger partial charge on any atom is 0.135 e. The third-order valence-corrected chi connectivity index (χ3v) is 3.59. The Morgan fingerprint density at radius 3 is 2.78 bits per heavy atom. The smallest absolute Gasteiger partial charge is 0.135 e. The maximum atomic E-state index is 8.75. The minimum Gasteiger partial charge on any atom is -0.396 e. The largest absolute Gasteiger partial charge is 0.396 e. The Kier molecular flexibility index (Phi) is 4.95. The fraction of sp³-hybridized carbons (Fsp3) is 0.692. The first kappa shape index (κ1) is 13.7. The molecule has 1 aromatic heterocycles. The molecule has 0 bridgehead atoms. The van der Waals surface area contributed by atoms with Crippen molar-refractivity contribution in [2.24, 2.45) is 0 Å². The zero-order valence-electron chi connectivity index (χ0n) is 10.8. The zero-order chi connectivity index (χ0) is 13.0. The molecule has 1 aliphatic rings. The fourth-order valence-corrected chi connectivity index (χ4v) is 2.28. The van der Waals surface area contributed by atoms with Crippen LogP contribution in [0.1, 0.15) is 43.8 Å². The van der Waals surface area contributed by atoms with Gasteiger partial charge in [0, 0.05) is 32.2 Å². The predicted molar refractivity (Wildman–Crippen MR) is 75.9 cm³/mol. The van der Waals surface area contributed by atoms with Gasteiger partial charge in [0.25, 0.3) is 0 Å². The van der Waals surface area contributed by atoms with Gasteiger partial charge in [0.15, 0.2) is 0 Å². The lowest BCUT2D eigenvalue weighted by Gasteiger charge is -2.18. The first-order valence-corrected chi connectivity index (χ1v) is 7.36. The van der Waals surface area contributed by atoms with Crippen molar-refractivity contribution in [3.05, 3.63) is 16.5 Å². The minimum atomic E-state index is 0.286. The van der Waals surface area contributed by atoms with Crippen LogP contribution < -0.4 is 4.90 Å². The van der Waals surface area contributed by atoms with Crippen molar-refractivity contribution in [3.8, 4) is 0 Å². The van der Waals surface area contributed by atoms with Gasteiger partial charge in [-0.15, -0.1) is 0 Å². The standard InChI is InChI=1S/C13H20BrN3O/c1-17(7-3-2-4-8-18)12-9-11(14)15-13(16-12)10-5-6-10/h9-10,18H,2-8H2,1H3. The Hall–Kier alpha value is -0.680. The van der Waals surface area contributed by atoms with Crippen molar-refractivity contribution >= 4 is 21.7 Å². The summed E-state index contributed by atoms with van der Waals surface area (Å²) in [7, 11) is 2.06. The predicted octanol–water partition coefficient (Wildman–Crippen LogP) is 2.72. The Balaban J connectivity index is 1.94. The molecule has 0 saturated heterocycles. The van der Waals surface area contributed by atoms with E-state index in [4.69, 9.17) is 5.11 Å². The summed E-state index contributed by atoms with van der Waals surface area (Å²) in [5.41, 5.74) is 0. The number of aliphatic hydroxyl groups is 1. The Morgan fingerprint density at radius 1 is 1.33 bits per heavy atom. The minimum absolute atomic E-state index is 0.286. The second-order valence-corrected chi connectivity index (χ2v) is 5.70. The third-order valence-electron chi connectivity index (χ3n) is 3.18. The normalized spacial score (nSPS) is 14.8. The average molecular weight is 314 g/mol. The van der Waals surface area contributed by atoms with Crippen molar-refractivity contribution in [1.82, 2.24) is 9.97 Å². The molecule has 2 rings (SSSR count). The highest BCUT2D eigenvalue weighted by Gasteiger charge is 2.27. The van der Waals surface area contributed by atoms with E-state index >= 15 is 0 Å². The van der Waals surface area contributed by atoms with Crippen LogP contribution in [-0.2, 0) is 0 Å². The summed E-state index contributed by atoms with van der Waals surface area (Å²) < 4.78 is 0.872. The number of aliphatic hydroxyl groups excluding tert-OH is 1. The summed E-state index contributed by atoms with van der Waals surface area (Å²) in [6.07, 6.45) is 5.46. The molecule has 0 aliphatic heterocycles. The van der Waals surface area contributed by atoms with Crippen LogP contribution in [0, 0.1) is 0 Å². The van der Waals surface area contributed by atoms with Gasteiger partial charge < -0.3 is 10.0 Å². The molecule has 1 aromatic rings. The number of unbranched alkanes of at least 4 members (excludes halogenated alkanes) is 2. The van der Waals surface area contributed by atoms with Crippen LogP contribution in [0.3, 0.4) is 0 Å². The molecule has 4 nitrogen and oxygen atoms in total. The highest BCUT2D eigenvalue weighted by molar-refractivity contribution is 9.10. The number of nitrogens with zero attached hydrogens (tertiary/aromatic N) is 3. The van der Waals surface area contributed by atoms with Gasteiger partial charge in [0.2, 0.25) is 0 Å². The van der Waals surface area contributed by atoms with E-state index in [-0.39, 0.29) is 6.61 Å². The topological polar surface area (TPSA) is 49.2 Å². The lowest BCUT2D eigenvalue weighted by atomic mass is 10.2. The Labute approximate surface area is 117 Å². The number of hydrogen-bond donors (Lipinski definition) is 1. The number of hydrogen-bond acceptors (Lipinski definition) is 4. The van der Waals surface area contributed by atoms with Crippen LogP contribution in [0.15, 0.2) is 10.7 Å². The molecular formula is C13H20BrN3O. The van der Waals surface area contributed by atoms with Crippen molar-refractivity contribution in [2.75, 3.05) is 25.1 Å². The van der Waals surface area contributed by atoms with E-state index in [2.05, 4.69) is 37.8 Å². The first-order chi connectivity index (χ1) is 8.70. The highest BCUT2D eigenvalue weighted by Crippen LogP contribution is 2.39. The molecule has 0 radical (unpaired) electrons. The molecule has 1 heterocycles. The number of anilines is 1. The second kappa shape index (κ2) is 6.48. The molecule has 1 aliphatic carbocycles. The van der Waals surface area contributed by atoms with Gasteiger partial charge in [0.05, 0.1) is 0 Å². The lowest BCUT2D eigenvalue weighted by molar-refractivity contribution is 0.283. The Bertz CT molecular complexity index is 396. The summed E-state index contributed by atoms with van der Waals surface area (Å²) in [6, 6.07) is 1.97. The molecule has 1 N–H and O–H groups in total. The van der Waals surface area contributed by atoms with Crippen LogP contribution >= 0.6 is 15.9 Å². The lowest BCUT2D eigenvalue weighted by Crippen LogP contribution is -2.20. The average Bonchev–Trinajstić information content (AvgIpc) is 3.18. The van der Waals surface area contributed by atoms with Crippen molar-refractivity contribution in [2.45, 2.75) is 38.0 Å². The Morgan fingerprint density at radius 2 is 2.11 bits per heavy atom. The molecule has 100 valence electrons. The van der Waals surface area contributed by atoms with Gasteiger partial charge in [-0.3, -0.25) is 0 Å². The molecule has 1 saturated carbocycles. The van der Waals surface area contributed by atoms with Crippen molar-refractivity contribution in [3.63, 3.8) is 0 Å². The van der Waals surface area contributed by atoms with E-state index in [1.807, 2.05) is 6.07 Å². The number of aromatic nitrogens is 2. The summed E-state index contributed by atoms with van der Waals surface area (Å²) in [5, 5.41) is 8.75. The van der Waals surface area contributed by atoms with Crippen LogP contribution in [-0.4, -0.2) is 35.3 Å². The first-order valence-electron chi connectivity index (χ1n) is 6.57. The van der Waals surface area contributed by atoms with Gasteiger partial charge in [-0.1, -0.05) is 0 Å².